The van der Waals surface area contributed by atoms with Crippen LogP contribution in [0.5, 0.6) is 0 Å². The highest BCUT2D eigenvalue weighted by Gasteiger charge is 2.21. The predicted molar refractivity (Wildman–Crippen MR) is 87.3 cm³/mol. The summed E-state index contributed by atoms with van der Waals surface area (Å²) in [5.41, 5.74) is 0.679. The van der Waals surface area contributed by atoms with Gasteiger partial charge in [0.25, 0.3) is 11.5 Å². The Morgan fingerprint density at radius 1 is 1.45 bits per heavy atom. The van der Waals surface area contributed by atoms with E-state index in [9.17, 15) is 9.59 Å². The zero-order valence-corrected chi connectivity index (χ0v) is 13.3. The molecule has 0 fully saturated rings. The molecule has 114 valence electrons. The van der Waals surface area contributed by atoms with Crippen LogP contribution in [-0.4, -0.2) is 22.0 Å². The molecule has 5 nitrogen and oxygen atoms in total. The number of fused-ring (bicyclic) bond motifs is 2. The van der Waals surface area contributed by atoms with Crippen molar-refractivity contribution >= 4 is 27.5 Å². The van der Waals surface area contributed by atoms with Crippen molar-refractivity contribution in [1.29, 1.82) is 0 Å². The summed E-state index contributed by atoms with van der Waals surface area (Å²) in [7, 11) is 0. The van der Waals surface area contributed by atoms with Crippen LogP contribution >= 0.6 is 11.3 Å². The fraction of sp³-hybridized carbons (Fsp3) is 0.438. The lowest BCUT2D eigenvalue weighted by atomic mass is 10.2. The third kappa shape index (κ3) is 2.42. The first-order chi connectivity index (χ1) is 10.6. The molecule has 3 heterocycles. The maximum absolute atomic E-state index is 12.8. The highest BCUT2D eigenvalue weighted by Crippen LogP contribution is 2.28. The van der Waals surface area contributed by atoms with Crippen molar-refractivity contribution < 1.29 is 4.79 Å². The summed E-state index contributed by atoms with van der Waals surface area (Å²) >= 11 is 1.27. The second-order valence-electron chi connectivity index (χ2n) is 5.42. The van der Waals surface area contributed by atoms with E-state index < -0.39 is 0 Å². The SMILES string of the molecule is C#CCNC(=O)c1sc2nc3n(c(=O)c2c1C)CCCCC3. The fourth-order valence-corrected chi connectivity index (χ4v) is 3.94. The number of amides is 1. The minimum absolute atomic E-state index is 0.0216. The van der Waals surface area contributed by atoms with Gasteiger partial charge in [-0.3, -0.25) is 14.2 Å². The first-order valence-electron chi connectivity index (χ1n) is 7.38. The van der Waals surface area contributed by atoms with E-state index in [0.717, 1.165) is 31.5 Å². The molecule has 0 radical (unpaired) electrons. The van der Waals surface area contributed by atoms with Gasteiger partial charge in [0.1, 0.15) is 10.7 Å². The molecule has 0 aromatic carbocycles. The van der Waals surface area contributed by atoms with Crippen LogP contribution in [0.15, 0.2) is 4.79 Å². The molecule has 0 atom stereocenters. The Labute approximate surface area is 132 Å². The lowest BCUT2D eigenvalue weighted by molar-refractivity contribution is 0.0962. The van der Waals surface area contributed by atoms with Gasteiger partial charge in [-0.2, -0.15) is 0 Å². The van der Waals surface area contributed by atoms with E-state index in [-0.39, 0.29) is 18.0 Å². The second kappa shape index (κ2) is 5.93. The Morgan fingerprint density at radius 2 is 2.27 bits per heavy atom. The van der Waals surface area contributed by atoms with E-state index in [0.29, 0.717) is 27.2 Å². The number of terminal acetylenes is 1. The molecule has 0 aliphatic carbocycles. The zero-order chi connectivity index (χ0) is 15.7. The monoisotopic (exact) mass is 315 g/mol. The van der Waals surface area contributed by atoms with E-state index in [4.69, 9.17) is 6.42 Å². The van der Waals surface area contributed by atoms with Crippen LogP contribution in [0.2, 0.25) is 0 Å². The molecule has 1 aliphatic heterocycles. The normalized spacial score (nSPS) is 14.2. The number of hydrogen-bond donors (Lipinski definition) is 1. The lowest BCUT2D eigenvalue weighted by Gasteiger charge is -2.08. The van der Waals surface area contributed by atoms with Crippen LogP contribution < -0.4 is 10.9 Å². The van der Waals surface area contributed by atoms with Crippen molar-refractivity contribution in [3.8, 4) is 12.3 Å². The Hall–Kier alpha value is -2.13. The van der Waals surface area contributed by atoms with Gasteiger partial charge in [0.2, 0.25) is 0 Å². The average Bonchev–Trinajstić information content (AvgIpc) is 2.69. The van der Waals surface area contributed by atoms with Crippen molar-refractivity contribution in [1.82, 2.24) is 14.9 Å². The first kappa shape index (κ1) is 14.8. The van der Waals surface area contributed by atoms with Gasteiger partial charge in [-0.05, 0) is 25.3 Å². The summed E-state index contributed by atoms with van der Waals surface area (Å²) in [5, 5.41) is 3.22. The number of carbonyl (C=O) groups excluding carboxylic acids is 1. The minimum Gasteiger partial charge on any atom is -0.340 e. The summed E-state index contributed by atoms with van der Waals surface area (Å²) in [6.07, 6.45) is 9.16. The van der Waals surface area contributed by atoms with Gasteiger partial charge in [-0.15, -0.1) is 17.8 Å². The quantitative estimate of drug-likeness (QED) is 0.860. The second-order valence-corrected chi connectivity index (χ2v) is 6.42. The fourth-order valence-electron chi connectivity index (χ4n) is 2.84. The number of aryl methyl sites for hydroxylation is 2. The molecule has 3 rings (SSSR count). The smallest absolute Gasteiger partial charge is 0.262 e. The zero-order valence-electron chi connectivity index (χ0n) is 12.4. The van der Waals surface area contributed by atoms with Crippen LogP contribution in [0.4, 0.5) is 0 Å². The Kier molecular flexibility index (Phi) is 3.99. The van der Waals surface area contributed by atoms with E-state index >= 15 is 0 Å². The van der Waals surface area contributed by atoms with Crippen molar-refractivity contribution in [3.05, 3.63) is 26.6 Å². The van der Waals surface area contributed by atoms with Gasteiger partial charge in [0.15, 0.2) is 0 Å². The van der Waals surface area contributed by atoms with Crippen molar-refractivity contribution in [3.63, 3.8) is 0 Å². The molecule has 2 aromatic heterocycles. The average molecular weight is 315 g/mol. The predicted octanol–water partition coefficient (Wildman–Crippen LogP) is 1.86. The highest BCUT2D eigenvalue weighted by atomic mass is 32.1. The summed E-state index contributed by atoms with van der Waals surface area (Å²) < 4.78 is 1.78. The molecule has 1 aliphatic rings. The molecule has 0 saturated heterocycles. The molecule has 0 spiro atoms. The lowest BCUT2D eigenvalue weighted by Crippen LogP contribution is -2.25. The molecular formula is C16H17N3O2S. The standard InChI is InChI=1S/C16H17N3O2S/c1-3-8-17-14(20)13-10(2)12-15(22-13)18-11-7-5-4-6-9-19(11)16(12)21/h1H,4-9H2,2H3,(H,17,20). The van der Waals surface area contributed by atoms with Gasteiger partial charge < -0.3 is 5.32 Å². The van der Waals surface area contributed by atoms with Crippen molar-refractivity contribution in [2.24, 2.45) is 0 Å². The van der Waals surface area contributed by atoms with Gasteiger partial charge in [0, 0.05) is 13.0 Å². The van der Waals surface area contributed by atoms with Crippen LogP contribution in [0.3, 0.4) is 0 Å². The number of rotatable bonds is 2. The topological polar surface area (TPSA) is 64.0 Å². The molecule has 0 saturated carbocycles. The molecule has 1 N–H and O–H groups in total. The van der Waals surface area contributed by atoms with Gasteiger partial charge in [-0.1, -0.05) is 12.3 Å². The number of nitrogens with one attached hydrogen (secondary N) is 1. The van der Waals surface area contributed by atoms with Crippen LogP contribution in [0.1, 0.15) is 40.3 Å². The van der Waals surface area contributed by atoms with E-state index in [1.54, 1.807) is 11.5 Å². The summed E-state index contributed by atoms with van der Waals surface area (Å²) in [6.45, 7) is 2.69. The number of carbonyl (C=O) groups is 1. The summed E-state index contributed by atoms with van der Waals surface area (Å²) in [5.74, 6) is 2.98. The third-order valence-electron chi connectivity index (χ3n) is 3.97. The Morgan fingerprint density at radius 3 is 3.05 bits per heavy atom. The largest absolute Gasteiger partial charge is 0.340 e. The van der Waals surface area contributed by atoms with Gasteiger partial charge in [-0.25, -0.2) is 4.98 Å². The molecule has 1 amide bonds. The number of hydrogen-bond acceptors (Lipinski definition) is 4. The maximum Gasteiger partial charge on any atom is 0.262 e. The molecule has 6 heteroatoms. The van der Waals surface area contributed by atoms with E-state index in [1.165, 1.54) is 11.3 Å². The molecule has 0 unspecified atom stereocenters. The van der Waals surface area contributed by atoms with Crippen LogP contribution in [0, 0.1) is 19.3 Å². The number of nitrogens with zero attached hydrogens (tertiary/aromatic N) is 2. The number of aromatic nitrogens is 2. The Bertz CT molecular complexity index is 842. The third-order valence-corrected chi connectivity index (χ3v) is 5.15. The summed E-state index contributed by atoms with van der Waals surface area (Å²) in [6, 6.07) is 0. The molecule has 0 bridgehead atoms. The van der Waals surface area contributed by atoms with Gasteiger partial charge in [0.05, 0.1) is 16.8 Å². The van der Waals surface area contributed by atoms with Crippen molar-refractivity contribution in [2.45, 2.75) is 39.2 Å². The Balaban J connectivity index is 2.15. The van der Waals surface area contributed by atoms with Crippen molar-refractivity contribution in [2.75, 3.05) is 6.54 Å². The highest BCUT2D eigenvalue weighted by molar-refractivity contribution is 7.20. The minimum atomic E-state index is -0.238. The molecule has 2 aromatic rings. The van der Waals surface area contributed by atoms with Crippen LogP contribution in [0.25, 0.3) is 10.2 Å². The maximum atomic E-state index is 12.8. The first-order valence-corrected chi connectivity index (χ1v) is 8.19. The van der Waals surface area contributed by atoms with E-state index in [2.05, 4.69) is 16.2 Å². The van der Waals surface area contributed by atoms with Gasteiger partial charge >= 0.3 is 0 Å². The van der Waals surface area contributed by atoms with E-state index in [1.807, 2.05) is 0 Å². The van der Waals surface area contributed by atoms with Crippen LogP contribution in [-0.2, 0) is 13.0 Å². The molecular weight excluding hydrogens is 298 g/mol. The molecule has 22 heavy (non-hydrogen) atoms. The number of thiophene rings is 1. The summed E-state index contributed by atoms with van der Waals surface area (Å²) in [4.78, 5) is 30.7.